The Labute approximate surface area is 122 Å². The van der Waals surface area contributed by atoms with Crippen molar-refractivity contribution in [3.05, 3.63) is 60.2 Å². The standard InChI is InChI=1S/C18H25N2/c1-4-6-13-20-15-14-19(3)18(20)12-11-17-9-7-16(5-2)8-10-17/h5,7-10,14-15H,2,4,6,11-13H2,1,3H3/q+1. The number of rotatable bonds is 7. The summed E-state index contributed by atoms with van der Waals surface area (Å²) < 4.78 is 4.63. The molecule has 2 nitrogen and oxygen atoms in total. The average molecular weight is 269 g/mol. The Morgan fingerprint density at radius 3 is 2.60 bits per heavy atom. The zero-order valence-electron chi connectivity index (χ0n) is 12.7. The minimum absolute atomic E-state index is 1.08. The lowest BCUT2D eigenvalue weighted by atomic mass is 10.1. The quantitative estimate of drug-likeness (QED) is 0.680. The number of aryl methyl sites for hydroxylation is 3. The second-order valence-electron chi connectivity index (χ2n) is 5.32. The summed E-state index contributed by atoms with van der Waals surface area (Å²) in [4.78, 5) is 0. The molecule has 106 valence electrons. The fraction of sp³-hybridized carbons (Fsp3) is 0.389. The van der Waals surface area contributed by atoms with E-state index in [4.69, 9.17) is 0 Å². The van der Waals surface area contributed by atoms with Gasteiger partial charge in [0.2, 0.25) is 0 Å². The molecule has 0 spiro atoms. The Bertz CT molecular complexity index is 549. The third kappa shape index (κ3) is 3.60. The summed E-state index contributed by atoms with van der Waals surface area (Å²) in [6, 6.07) is 8.68. The van der Waals surface area contributed by atoms with Crippen LogP contribution in [-0.4, -0.2) is 4.57 Å². The molecule has 0 aliphatic carbocycles. The van der Waals surface area contributed by atoms with Crippen LogP contribution < -0.4 is 4.57 Å². The lowest BCUT2D eigenvalue weighted by Crippen LogP contribution is -2.32. The number of unbranched alkanes of at least 4 members (excludes halogenated alkanes) is 1. The molecule has 2 heteroatoms. The van der Waals surface area contributed by atoms with Crippen molar-refractivity contribution < 1.29 is 4.57 Å². The van der Waals surface area contributed by atoms with Crippen molar-refractivity contribution in [1.29, 1.82) is 0 Å². The smallest absolute Gasteiger partial charge is 0.237 e. The van der Waals surface area contributed by atoms with Crippen LogP contribution in [0, 0.1) is 0 Å². The zero-order chi connectivity index (χ0) is 14.4. The van der Waals surface area contributed by atoms with Gasteiger partial charge in [-0.25, -0.2) is 9.13 Å². The number of imidazole rings is 1. The predicted molar refractivity (Wildman–Crippen MR) is 84.5 cm³/mol. The van der Waals surface area contributed by atoms with Crippen LogP contribution in [0.1, 0.15) is 36.7 Å². The molecular weight excluding hydrogens is 244 g/mol. The molecule has 0 N–H and O–H groups in total. The van der Waals surface area contributed by atoms with Gasteiger partial charge in [-0.15, -0.1) is 0 Å². The van der Waals surface area contributed by atoms with Gasteiger partial charge in [0, 0.05) is 0 Å². The molecule has 0 amide bonds. The molecule has 0 atom stereocenters. The monoisotopic (exact) mass is 269 g/mol. The minimum Gasteiger partial charge on any atom is -0.237 e. The Hall–Kier alpha value is -1.83. The Balaban J connectivity index is 2.02. The van der Waals surface area contributed by atoms with Crippen LogP contribution in [0.2, 0.25) is 0 Å². The van der Waals surface area contributed by atoms with Crippen LogP contribution in [0.15, 0.2) is 43.2 Å². The van der Waals surface area contributed by atoms with Gasteiger partial charge in [0.25, 0.3) is 5.82 Å². The van der Waals surface area contributed by atoms with Gasteiger partial charge < -0.3 is 0 Å². The molecule has 1 heterocycles. The van der Waals surface area contributed by atoms with Crippen molar-refractivity contribution in [3.8, 4) is 0 Å². The van der Waals surface area contributed by atoms with Crippen molar-refractivity contribution in [2.45, 2.75) is 39.2 Å². The van der Waals surface area contributed by atoms with E-state index in [1.165, 1.54) is 29.8 Å². The summed E-state index contributed by atoms with van der Waals surface area (Å²) >= 11 is 0. The zero-order valence-corrected chi connectivity index (χ0v) is 12.7. The van der Waals surface area contributed by atoms with Crippen molar-refractivity contribution in [2.24, 2.45) is 7.05 Å². The van der Waals surface area contributed by atoms with Gasteiger partial charge in [-0.05, 0) is 24.0 Å². The lowest BCUT2D eigenvalue weighted by Gasteiger charge is -2.04. The van der Waals surface area contributed by atoms with E-state index in [0.717, 1.165) is 19.4 Å². The highest BCUT2D eigenvalue weighted by Gasteiger charge is 2.13. The Morgan fingerprint density at radius 1 is 1.20 bits per heavy atom. The van der Waals surface area contributed by atoms with Crippen LogP contribution in [0.3, 0.4) is 0 Å². The van der Waals surface area contributed by atoms with Crippen LogP contribution >= 0.6 is 0 Å². The second-order valence-corrected chi connectivity index (χ2v) is 5.32. The van der Waals surface area contributed by atoms with Crippen molar-refractivity contribution in [3.63, 3.8) is 0 Å². The first-order chi connectivity index (χ1) is 9.74. The molecule has 2 rings (SSSR count). The van der Waals surface area contributed by atoms with Gasteiger partial charge in [-0.2, -0.15) is 0 Å². The van der Waals surface area contributed by atoms with E-state index in [-0.39, 0.29) is 0 Å². The Kier molecular flexibility index (Phi) is 5.16. The highest BCUT2D eigenvalue weighted by Crippen LogP contribution is 2.09. The van der Waals surface area contributed by atoms with Gasteiger partial charge in [0.15, 0.2) is 0 Å². The maximum absolute atomic E-state index is 3.79. The van der Waals surface area contributed by atoms with Crippen molar-refractivity contribution >= 4 is 6.08 Å². The number of aromatic nitrogens is 2. The number of hydrogen-bond acceptors (Lipinski definition) is 0. The average Bonchev–Trinajstić information content (AvgIpc) is 2.84. The third-order valence-electron chi connectivity index (χ3n) is 3.81. The topological polar surface area (TPSA) is 8.81 Å². The molecule has 0 unspecified atom stereocenters. The van der Waals surface area contributed by atoms with E-state index in [1.807, 2.05) is 6.08 Å². The first-order valence-corrected chi connectivity index (χ1v) is 7.49. The highest BCUT2D eigenvalue weighted by molar-refractivity contribution is 5.47. The van der Waals surface area contributed by atoms with Gasteiger partial charge >= 0.3 is 0 Å². The molecule has 0 aliphatic heterocycles. The number of nitrogens with zero attached hydrogens (tertiary/aromatic N) is 2. The van der Waals surface area contributed by atoms with Gasteiger partial charge in [0.1, 0.15) is 12.4 Å². The summed E-state index contributed by atoms with van der Waals surface area (Å²) in [6.07, 6.45) is 10.9. The highest BCUT2D eigenvalue weighted by atomic mass is 15.1. The van der Waals surface area contributed by atoms with E-state index in [2.05, 4.69) is 66.3 Å². The second kappa shape index (κ2) is 7.09. The van der Waals surface area contributed by atoms with Crippen molar-refractivity contribution in [1.82, 2.24) is 4.57 Å². The third-order valence-corrected chi connectivity index (χ3v) is 3.81. The maximum atomic E-state index is 3.79. The molecular formula is C18H25N2+. The molecule has 0 saturated heterocycles. The van der Waals surface area contributed by atoms with Gasteiger partial charge in [0.05, 0.1) is 20.0 Å². The summed E-state index contributed by atoms with van der Waals surface area (Å²) in [6.45, 7) is 7.16. The molecule has 2 aromatic rings. The maximum Gasteiger partial charge on any atom is 0.256 e. The molecule has 1 aromatic carbocycles. The normalized spacial score (nSPS) is 10.7. The number of benzene rings is 1. The van der Waals surface area contributed by atoms with Crippen LogP contribution in [0.5, 0.6) is 0 Å². The summed E-state index contributed by atoms with van der Waals surface area (Å²) in [7, 11) is 2.14. The van der Waals surface area contributed by atoms with E-state index >= 15 is 0 Å². The van der Waals surface area contributed by atoms with E-state index in [1.54, 1.807) is 0 Å². The molecule has 0 aliphatic rings. The molecule has 0 saturated carbocycles. The summed E-state index contributed by atoms with van der Waals surface area (Å²) in [5.74, 6) is 1.41. The first kappa shape index (κ1) is 14.6. The lowest BCUT2D eigenvalue weighted by molar-refractivity contribution is -0.678. The van der Waals surface area contributed by atoms with E-state index in [0.29, 0.717) is 0 Å². The minimum atomic E-state index is 1.08. The van der Waals surface area contributed by atoms with E-state index < -0.39 is 0 Å². The first-order valence-electron chi connectivity index (χ1n) is 7.49. The van der Waals surface area contributed by atoms with Crippen LogP contribution in [0.4, 0.5) is 0 Å². The summed E-state index contributed by atoms with van der Waals surface area (Å²) in [5, 5.41) is 0. The molecule has 0 bridgehead atoms. The summed E-state index contributed by atoms with van der Waals surface area (Å²) in [5.41, 5.74) is 2.57. The van der Waals surface area contributed by atoms with Crippen molar-refractivity contribution in [2.75, 3.05) is 0 Å². The SMILES string of the molecule is C=Cc1ccc(CCc2n(CCCC)cc[n+]2C)cc1. The van der Waals surface area contributed by atoms with Crippen LogP contribution in [-0.2, 0) is 26.4 Å². The van der Waals surface area contributed by atoms with E-state index in [9.17, 15) is 0 Å². The largest absolute Gasteiger partial charge is 0.256 e. The predicted octanol–water partition coefficient (Wildman–Crippen LogP) is 3.54. The fourth-order valence-electron chi connectivity index (χ4n) is 2.48. The van der Waals surface area contributed by atoms with Gasteiger partial charge in [-0.3, -0.25) is 0 Å². The Morgan fingerprint density at radius 2 is 1.95 bits per heavy atom. The van der Waals surface area contributed by atoms with Gasteiger partial charge in [-0.1, -0.05) is 50.3 Å². The molecule has 1 aromatic heterocycles. The molecule has 20 heavy (non-hydrogen) atoms. The van der Waals surface area contributed by atoms with Crippen LogP contribution in [0.25, 0.3) is 6.08 Å². The molecule has 0 fully saturated rings. The number of hydrogen-bond donors (Lipinski definition) is 0. The molecule has 0 radical (unpaired) electrons. The fourth-order valence-corrected chi connectivity index (χ4v) is 2.48.